The molecule has 13 heavy (non-hydrogen) atoms. The van der Waals surface area contributed by atoms with Gasteiger partial charge in [0.15, 0.2) is 5.69 Å². The lowest BCUT2D eigenvalue weighted by molar-refractivity contribution is 0.0684. The van der Waals surface area contributed by atoms with E-state index in [1.807, 2.05) is 13.8 Å². The summed E-state index contributed by atoms with van der Waals surface area (Å²) in [5.41, 5.74) is 6.66. The van der Waals surface area contributed by atoms with Gasteiger partial charge in [-0.05, 0) is 13.3 Å². The van der Waals surface area contributed by atoms with Crippen LogP contribution in [0.25, 0.3) is 0 Å². The van der Waals surface area contributed by atoms with Gasteiger partial charge < -0.3 is 10.8 Å². The number of nitrogens with two attached hydrogens (primary N) is 1. The Morgan fingerprint density at radius 2 is 2.23 bits per heavy atom. The molecule has 0 aliphatic carbocycles. The minimum absolute atomic E-state index is 0.0966. The summed E-state index contributed by atoms with van der Waals surface area (Å²) in [5.74, 6) is -1.02. The van der Waals surface area contributed by atoms with Crippen molar-refractivity contribution < 1.29 is 9.90 Å². The molecule has 0 aliphatic rings. The third-order valence-corrected chi connectivity index (χ3v) is 1.90. The highest BCUT2D eigenvalue weighted by atomic mass is 16.4. The largest absolute Gasteiger partial charge is 0.476 e. The van der Waals surface area contributed by atoms with Gasteiger partial charge >= 0.3 is 5.97 Å². The van der Waals surface area contributed by atoms with Crippen molar-refractivity contribution in [3.63, 3.8) is 0 Å². The van der Waals surface area contributed by atoms with Crippen molar-refractivity contribution >= 4 is 11.7 Å². The molecular weight excluding hydrogens is 170 g/mol. The molecule has 0 atom stereocenters. The first kappa shape index (κ1) is 9.57. The zero-order chi connectivity index (χ0) is 10.0. The quantitative estimate of drug-likeness (QED) is 0.724. The Labute approximate surface area is 76.2 Å². The molecule has 0 bridgehead atoms. The van der Waals surface area contributed by atoms with E-state index < -0.39 is 5.97 Å². The van der Waals surface area contributed by atoms with Crippen LogP contribution in [0, 0.1) is 0 Å². The number of carbonyl (C=O) groups is 1. The third kappa shape index (κ3) is 1.49. The number of aryl methyl sites for hydroxylation is 2. The van der Waals surface area contributed by atoms with E-state index >= 15 is 0 Å². The number of carboxylic acids is 1. The molecule has 0 amide bonds. The third-order valence-electron chi connectivity index (χ3n) is 1.90. The first-order valence-electron chi connectivity index (χ1n) is 4.20. The van der Waals surface area contributed by atoms with Crippen molar-refractivity contribution in [2.75, 3.05) is 5.73 Å². The van der Waals surface area contributed by atoms with E-state index in [1.54, 1.807) is 0 Å². The van der Waals surface area contributed by atoms with Crippen LogP contribution in [0.2, 0.25) is 0 Å². The number of hydrogen-bond acceptors (Lipinski definition) is 3. The van der Waals surface area contributed by atoms with Crippen molar-refractivity contribution in [1.82, 2.24) is 9.78 Å². The smallest absolute Gasteiger partial charge is 0.356 e. The van der Waals surface area contributed by atoms with E-state index in [2.05, 4.69) is 5.10 Å². The van der Waals surface area contributed by atoms with Crippen LogP contribution in [0.3, 0.4) is 0 Å². The van der Waals surface area contributed by atoms with Gasteiger partial charge in [-0.2, -0.15) is 5.10 Å². The van der Waals surface area contributed by atoms with Crippen LogP contribution in [0.5, 0.6) is 0 Å². The number of nitrogen functional groups attached to an aromatic ring is 1. The van der Waals surface area contributed by atoms with Crippen LogP contribution >= 0.6 is 0 Å². The van der Waals surface area contributed by atoms with Gasteiger partial charge in [-0.3, -0.25) is 4.68 Å². The minimum atomic E-state index is -1.02. The summed E-state index contributed by atoms with van der Waals surface area (Å²) in [6.07, 6.45) is 0.652. The number of nitrogens with zero attached hydrogens (tertiary/aromatic N) is 2. The summed E-state index contributed by atoms with van der Waals surface area (Å²) in [7, 11) is 0. The molecular formula is C8H13N3O2. The van der Waals surface area contributed by atoms with Gasteiger partial charge in [0.2, 0.25) is 0 Å². The van der Waals surface area contributed by atoms with Crippen molar-refractivity contribution in [3.8, 4) is 0 Å². The Morgan fingerprint density at radius 1 is 1.62 bits per heavy atom. The van der Waals surface area contributed by atoms with E-state index in [9.17, 15) is 4.79 Å². The zero-order valence-electron chi connectivity index (χ0n) is 7.74. The van der Waals surface area contributed by atoms with Crippen LogP contribution in [0.15, 0.2) is 0 Å². The fourth-order valence-electron chi connectivity index (χ4n) is 1.24. The average Bonchev–Trinajstić information content (AvgIpc) is 2.41. The van der Waals surface area contributed by atoms with Crippen LogP contribution in [0.4, 0.5) is 5.69 Å². The number of hydrogen-bond donors (Lipinski definition) is 2. The first-order chi connectivity index (χ1) is 6.11. The van der Waals surface area contributed by atoms with E-state index in [4.69, 9.17) is 10.8 Å². The predicted octanol–water partition coefficient (Wildman–Crippen LogP) is 0.746. The van der Waals surface area contributed by atoms with E-state index in [-0.39, 0.29) is 11.4 Å². The van der Waals surface area contributed by atoms with Gasteiger partial charge in [-0.1, -0.05) is 6.92 Å². The Kier molecular flexibility index (Phi) is 2.55. The standard InChI is InChI=1S/C8H13N3O2/c1-3-5-6(9)7(8(12)13)11(4-2)10-5/h3-4,9H2,1-2H3,(H,12,13). The second-order valence-corrected chi connectivity index (χ2v) is 2.68. The van der Waals surface area contributed by atoms with E-state index in [0.717, 1.165) is 0 Å². The maximum Gasteiger partial charge on any atom is 0.356 e. The van der Waals surface area contributed by atoms with E-state index in [1.165, 1.54) is 4.68 Å². The molecule has 0 aromatic carbocycles. The van der Waals surface area contributed by atoms with Gasteiger partial charge in [-0.25, -0.2) is 4.79 Å². The molecule has 0 radical (unpaired) electrons. The second-order valence-electron chi connectivity index (χ2n) is 2.68. The van der Waals surface area contributed by atoms with Crippen molar-refractivity contribution in [2.24, 2.45) is 0 Å². The van der Waals surface area contributed by atoms with Crippen molar-refractivity contribution in [2.45, 2.75) is 26.8 Å². The summed E-state index contributed by atoms with van der Waals surface area (Å²) >= 11 is 0. The Bertz CT molecular complexity index is 330. The topological polar surface area (TPSA) is 81.1 Å². The fraction of sp³-hybridized carbons (Fsp3) is 0.500. The van der Waals surface area contributed by atoms with Crippen LogP contribution in [-0.4, -0.2) is 20.9 Å². The zero-order valence-corrected chi connectivity index (χ0v) is 7.74. The molecule has 1 rings (SSSR count). The lowest BCUT2D eigenvalue weighted by Crippen LogP contribution is -2.10. The first-order valence-corrected chi connectivity index (χ1v) is 4.20. The lowest BCUT2D eigenvalue weighted by Gasteiger charge is -1.98. The Hall–Kier alpha value is -1.52. The summed E-state index contributed by atoms with van der Waals surface area (Å²) in [6.45, 7) is 4.24. The van der Waals surface area contributed by atoms with Crippen molar-refractivity contribution in [1.29, 1.82) is 0 Å². The number of aromatic carboxylic acids is 1. The molecule has 3 N–H and O–H groups in total. The SMILES string of the molecule is CCc1nn(CC)c(C(=O)O)c1N. The Balaban J connectivity index is 3.28. The number of rotatable bonds is 3. The van der Waals surface area contributed by atoms with Gasteiger partial charge in [0.1, 0.15) is 0 Å². The fourth-order valence-corrected chi connectivity index (χ4v) is 1.24. The van der Waals surface area contributed by atoms with Crippen molar-refractivity contribution in [3.05, 3.63) is 11.4 Å². The summed E-state index contributed by atoms with van der Waals surface area (Å²) in [4.78, 5) is 10.8. The van der Waals surface area contributed by atoms with Gasteiger partial charge in [-0.15, -0.1) is 0 Å². The summed E-state index contributed by atoms with van der Waals surface area (Å²) < 4.78 is 1.41. The molecule has 0 unspecified atom stereocenters. The molecule has 0 saturated heterocycles. The highest BCUT2D eigenvalue weighted by Crippen LogP contribution is 2.17. The van der Waals surface area contributed by atoms with Gasteiger partial charge in [0.25, 0.3) is 0 Å². The molecule has 1 aromatic rings. The molecule has 5 heteroatoms. The molecule has 1 heterocycles. The normalized spacial score (nSPS) is 10.3. The highest BCUT2D eigenvalue weighted by molar-refractivity contribution is 5.92. The number of carboxylic acid groups (broad SMARTS) is 1. The monoisotopic (exact) mass is 183 g/mol. The maximum absolute atomic E-state index is 10.8. The molecule has 72 valence electrons. The molecule has 0 saturated carbocycles. The van der Waals surface area contributed by atoms with Crippen LogP contribution in [0.1, 0.15) is 30.0 Å². The van der Waals surface area contributed by atoms with E-state index in [0.29, 0.717) is 18.7 Å². The number of aromatic nitrogens is 2. The lowest BCUT2D eigenvalue weighted by atomic mass is 10.2. The van der Waals surface area contributed by atoms with Gasteiger partial charge in [0.05, 0.1) is 11.4 Å². The Morgan fingerprint density at radius 3 is 2.54 bits per heavy atom. The minimum Gasteiger partial charge on any atom is -0.476 e. The molecule has 0 spiro atoms. The average molecular weight is 183 g/mol. The van der Waals surface area contributed by atoms with Crippen LogP contribution in [-0.2, 0) is 13.0 Å². The molecule has 5 nitrogen and oxygen atoms in total. The van der Waals surface area contributed by atoms with Crippen LogP contribution < -0.4 is 5.73 Å². The highest BCUT2D eigenvalue weighted by Gasteiger charge is 2.18. The predicted molar refractivity (Wildman–Crippen MR) is 48.7 cm³/mol. The summed E-state index contributed by atoms with van der Waals surface area (Å²) in [5, 5.41) is 12.9. The second kappa shape index (κ2) is 3.47. The maximum atomic E-state index is 10.8. The summed E-state index contributed by atoms with van der Waals surface area (Å²) in [6, 6.07) is 0. The molecule has 0 aliphatic heterocycles. The molecule has 0 fully saturated rings. The van der Waals surface area contributed by atoms with Gasteiger partial charge in [0, 0.05) is 6.54 Å². The number of anilines is 1. The molecule has 1 aromatic heterocycles.